The third-order valence-corrected chi connectivity index (χ3v) is 4.84. The number of nitrogens with zero attached hydrogens (tertiary/aromatic N) is 2. The van der Waals surface area contributed by atoms with E-state index in [9.17, 15) is 0 Å². The zero-order valence-corrected chi connectivity index (χ0v) is 18.0. The number of furan rings is 1. The molecule has 1 saturated heterocycles. The average Bonchev–Trinajstić information content (AvgIpc) is 3.12. The lowest BCUT2D eigenvalue weighted by molar-refractivity contribution is 0.256. The van der Waals surface area contributed by atoms with E-state index in [4.69, 9.17) is 9.41 Å². The molecule has 25 heavy (non-hydrogen) atoms. The fourth-order valence-electron chi connectivity index (χ4n) is 3.45. The first kappa shape index (κ1) is 20.6. The van der Waals surface area contributed by atoms with Crippen molar-refractivity contribution >= 4 is 29.9 Å². The topological polar surface area (TPSA) is 52.8 Å². The van der Waals surface area contributed by atoms with Crippen LogP contribution in [-0.4, -0.2) is 48.6 Å². The number of hydrogen-bond acceptors (Lipinski definition) is 3. The minimum Gasteiger partial charge on any atom is -0.469 e. The Bertz CT molecular complexity index is 528. The van der Waals surface area contributed by atoms with E-state index in [1.54, 1.807) is 6.26 Å². The highest BCUT2D eigenvalue weighted by atomic mass is 127. The summed E-state index contributed by atoms with van der Waals surface area (Å²) in [7, 11) is 0. The third-order valence-electron chi connectivity index (χ3n) is 4.84. The molecule has 2 atom stereocenters. The van der Waals surface area contributed by atoms with Crippen LogP contribution in [0.4, 0.5) is 0 Å². The largest absolute Gasteiger partial charge is 0.469 e. The maximum Gasteiger partial charge on any atom is 0.191 e. The summed E-state index contributed by atoms with van der Waals surface area (Å²) in [5, 5.41) is 7.14. The summed E-state index contributed by atoms with van der Waals surface area (Å²) in [4.78, 5) is 7.43. The van der Waals surface area contributed by atoms with Crippen molar-refractivity contribution in [3.8, 4) is 0 Å². The fraction of sp³-hybridized carbons (Fsp3) is 0.737. The second-order valence-corrected chi connectivity index (χ2v) is 7.69. The Morgan fingerprint density at radius 1 is 1.40 bits per heavy atom. The van der Waals surface area contributed by atoms with E-state index >= 15 is 0 Å². The van der Waals surface area contributed by atoms with Gasteiger partial charge in [0.2, 0.25) is 0 Å². The van der Waals surface area contributed by atoms with Gasteiger partial charge >= 0.3 is 0 Å². The Morgan fingerprint density at radius 3 is 2.84 bits per heavy atom. The Balaban J connectivity index is 0.00000225. The lowest BCUT2D eigenvalue weighted by Crippen LogP contribution is -2.45. The first-order valence-electron chi connectivity index (χ1n) is 9.44. The van der Waals surface area contributed by atoms with Crippen LogP contribution < -0.4 is 10.6 Å². The van der Waals surface area contributed by atoms with Gasteiger partial charge in [-0.05, 0) is 44.2 Å². The van der Waals surface area contributed by atoms with Gasteiger partial charge in [-0.2, -0.15) is 0 Å². The van der Waals surface area contributed by atoms with Crippen molar-refractivity contribution in [3.63, 3.8) is 0 Å². The van der Waals surface area contributed by atoms with Crippen molar-refractivity contribution in [2.45, 2.75) is 64.6 Å². The minimum absolute atomic E-state index is 0. The van der Waals surface area contributed by atoms with Crippen LogP contribution in [0.25, 0.3) is 0 Å². The molecule has 0 amide bonds. The van der Waals surface area contributed by atoms with E-state index in [1.165, 1.54) is 19.3 Å². The Kier molecular flexibility index (Phi) is 8.06. The Hall–Kier alpha value is -0.760. The van der Waals surface area contributed by atoms with Gasteiger partial charge in [0.1, 0.15) is 5.76 Å². The van der Waals surface area contributed by atoms with Gasteiger partial charge in [-0.15, -0.1) is 24.0 Å². The van der Waals surface area contributed by atoms with E-state index in [2.05, 4.69) is 36.3 Å². The maximum absolute atomic E-state index is 5.40. The number of guanidine groups is 1. The predicted molar refractivity (Wildman–Crippen MR) is 114 cm³/mol. The normalized spacial score (nSPS) is 24.4. The predicted octanol–water partition coefficient (Wildman–Crippen LogP) is 3.26. The number of hydrogen-bond donors (Lipinski definition) is 2. The van der Waals surface area contributed by atoms with Crippen molar-refractivity contribution in [2.75, 3.05) is 19.6 Å². The quantitative estimate of drug-likeness (QED) is 0.373. The molecule has 1 saturated carbocycles. The van der Waals surface area contributed by atoms with Crippen LogP contribution in [0.1, 0.15) is 45.8 Å². The molecule has 2 unspecified atom stereocenters. The molecule has 1 aromatic rings. The van der Waals surface area contributed by atoms with Crippen molar-refractivity contribution in [1.82, 2.24) is 15.5 Å². The molecule has 0 spiro atoms. The number of nitrogens with one attached hydrogen (secondary N) is 2. The van der Waals surface area contributed by atoms with E-state index in [0.717, 1.165) is 43.8 Å². The lowest BCUT2D eigenvalue weighted by atomic mass is 10.2. The monoisotopic (exact) mass is 460 g/mol. The molecule has 2 fully saturated rings. The first-order chi connectivity index (χ1) is 11.6. The van der Waals surface area contributed by atoms with E-state index in [0.29, 0.717) is 18.0 Å². The van der Waals surface area contributed by atoms with Gasteiger partial charge in [-0.1, -0.05) is 13.8 Å². The van der Waals surface area contributed by atoms with Gasteiger partial charge < -0.3 is 15.1 Å². The zero-order valence-electron chi connectivity index (χ0n) is 15.7. The summed E-state index contributed by atoms with van der Waals surface area (Å²) in [6, 6.07) is 5.99. The number of halogens is 1. The summed E-state index contributed by atoms with van der Waals surface area (Å²) < 4.78 is 5.40. The SMILES string of the molecule is CC(C)CN=C(NCCc1ccco1)NC1CC(C)N(C2CC2)C1.I. The molecule has 1 aromatic heterocycles. The molecule has 6 heteroatoms. The number of aliphatic imine (C=N–C) groups is 1. The second-order valence-electron chi connectivity index (χ2n) is 7.69. The maximum atomic E-state index is 5.40. The van der Waals surface area contributed by atoms with Gasteiger partial charge in [0.25, 0.3) is 0 Å². The highest BCUT2D eigenvalue weighted by Crippen LogP contribution is 2.33. The second kappa shape index (κ2) is 9.80. The van der Waals surface area contributed by atoms with E-state index < -0.39 is 0 Å². The molecule has 2 N–H and O–H groups in total. The van der Waals surface area contributed by atoms with Gasteiger partial charge in [0.05, 0.1) is 6.26 Å². The third kappa shape index (κ3) is 6.47. The molecule has 3 rings (SSSR count). The first-order valence-corrected chi connectivity index (χ1v) is 9.44. The summed E-state index contributed by atoms with van der Waals surface area (Å²) >= 11 is 0. The summed E-state index contributed by atoms with van der Waals surface area (Å²) in [5.74, 6) is 2.53. The fourth-order valence-corrected chi connectivity index (χ4v) is 3.45. The highest BCUT2D eigenvalue weighted by Gasteiger charge is 2.38. The molecule has 0 aromatic carbocycles. The summed E-state index contributed by atoms with van der Waals surface area (Å²) in [6.07, 6.45) is 6.58. The zero-order chi connectivity index (χ0) is 16.9. The molecular formula is C19H33IN4O. The van der Waals surface area contributed by atoms with Crippen LogP contribution in [0.5, 0.6) is 0 Å². The van der Waals surface area contributed by atoms with Crippen molar-refractivity contribution in [1.29, 1.82) is 0 Å². The van der Waals surface area contributed by atoms with Crippen molar-refractivity contribution < 1.29 is 4.42 Å². The highest BCUT2D eigenvalue weighted by molar-refractivity contribution is 14.0. The Morgan fingerprint density at radius 2 is 2.20 bits per heavy atom. The van der Waals surface area contributed by atoms with E-state index in [-0.39, 0.29) is 24.0 Å². The standard InChI is InChI=1S/C19H32N4O.HI/c1-14(2)12-21-19(20-9-8-18-5-4-10-24-18)22-16-11-15(3)23(13-16)17-6-7-17;/h4-5,10,14-17H,6-9,11-13H2,1-3H3,(H2,20,21,22);1H. The molecule has 0 bridgehead atoms. The molecule has 142 valence electrons. The molecular weight excluding hydrogens is 427 g/mol. The molecule has 2 aliphatic rings. The molecule has 2 heterocycles. The van der Waals surface area contributed by atoms with Crippen molar-refractivity contribution in [2.24, 2.45) is 10.9 Å². The smallest absolute Gasteiger partial charge is 0.191 e. The van der Waals surface area contributed by atoms with Crippen LogP contribution in [0.3, 0.4) is 0 Å². The van der Waals surface area contributed by atoms with Crippen LogP contribution in [0.2, 0.25) is 0 Å². The van der Waals surface area contributed by atoms with Crippen LogP contribution in [-0.2, 0) is 6.42 Å². The number of rotatable bonds is 7. The average molecular weight is 460 g/mol. The van der Waals surface area contributed by atoms with Crippen LogP contribution >= 0.6 is 24.0 Å². The van der Waals surface area contributed by atoms with Crippen LogP contribution in [0.15, 0.2) is 27.8 Å². The van der Waals surface area contributed by atoms with Gasteiger partial charge in [0.15, 0.2) is 5.96 Å². The van der Waals surface area contributed by atoms with Crippen LogP contribution in [0, 0.1) is 5.92 Å². The summed E-state index contributed by atoms with van der Waals surface area (Å²) in [6.45, 7) is 9.60. The Labute approximate surface area is 169 Å². The van der Waals surface area contributed by atoms with Gasteiger partial charge in [-0.25, -0.2) is 0 Å². The minimum atomic E-state index is 0. The number of likely N-dealkylation sites (tertiary alicyclic amines) is 1. The lowest BCUT2D eigenvalue weighted by Gasteiger charge is -2.20. The van der Waals surface area contributed by atoms with Gasteiger partial charge in [0, 0.05) is 44.2 Å². The summed E-state index contributed by atoms with van der Waals surface area (Å²) in [5.41, 5.74) is 0. The molecule has 5 nitrogen and oxygen atoms in total. The van der Waals surface area contributed by atoms with Gasteiger partial charge in [-0.3, -0.25) is 9.89 Å². The molecule has 1 aliphatic carbocycles. The van der Waals surface area contributed by atoms with Crippen molar-refractivity contribution in [3.05, 3.63) is 24.2 Å². The van der Waals surface area contributed by atoms with E-state index in [1.807, 2.05) is 12.1 Å². The molecule has 1 aliphatic heterocycles. The molecule has 0 radical (unpaired) electrons.